The molecule has 0 aromatic heterocycles. The topological polar surface area (TPSA) is 93.1 Å². The third-order valence-electron chi connectivity index (χ3n) is 4.75. The fraction of sp³-hybridized carbons (Fsp3) is 0.895. The van der Waals surface area contributed by atoms with Crippen molar-refractivity contribution in [3.8, 4) is 0 Å². The zero-order chi connectivity index (χ0) is 18.7. The minimum atomic E-state index is -1.43. The molecule has 1 aliphatic heterocycles. The predicted octanol–water partition coefficient (Wildman–Crippen LogP) is 4.36. The summed E-state index contributed by atoms with van der Waals surface area (Å²) in [5.74, 6) is -3.71. The molecule has 1 fully saturated rings. The van der Waals surface area contributed by atoms with E-state index in [-0.39, 0.29) is 0 Å². The van der Waals surface area contributed by atoms with E-state index in [0.717, 1.165) is 19.3 Å². The van der Waals surface area contributed by atoms with Gasteiger partial charge in [-0.2, -0.15) is 0 Å². The average molecular weight is 358 g/mol. The van der Waals surface area contributed by atoms with Gasteiger partial charge in [0.2, 0.25) is 0 Å². The number of hydrogen-bond acceptors (Lipinski definition) is 4. The highest BCUT2D eigenvalue weighted by Crippen LogP contribution is 2.33. The van der Waals surface area contributed by atoms with Gasteiger partial charge in [-0.15, -0.1) is 0 Å². The number of carboxylic acids is 2. The number of ether oxygens (including phenoxy) is 2. The molecule has 0 aromatic carbocycles. The fourth-order valence-electron chi connectivity index (χ4n) is 3.28. The Balaban J connectivity index is 2.11. The Morgan fingerprint density at radius 2 is 1.12 bits per heavy atom. The second kappa shape index (κ2) is 11.5. The first-order valence-corrected chi connectivity index (χ1v) is 9.71. The Labute approximate surface area is 150 Å². The first-order chi connectivity index (χ1) is 11.9. The smallest absolute Gasteiger partial charge is 0.336 e. The first-order valence-electron chi connectivity index (χ1n) is 9.71. The molecule has 0 amide bonds. The molecule has 0 radical (unpaired) electrons. The van der Waals surface area contributed by atoms with Gasteiger partial charge in [-0.3, -0.25) is 0 Å². The van der Waals surface area contributed by atoms with Crippen molar-refractivity contribution in [1.82, 2.24) is 0 Å². The van der Waals surface area contributed by atoms with Crippen LogP contribution < -0.4 is 0 Å². The number of unbranched alkanes of at least 4 members (excludes halogenated alkanes) is 10. The summed E-state index contributed by atoms with van der Waals surface area (Å²) in [5.41, 5.74) is 0. The Kier molecular flexibility index (Phi) is 10.0. The molecule has 2 N–H and O–H groups in total. The summed E-state index contributed by atoms with van der Waals surface area (Å²) in [4.78, 5) is 22.2. The number of carboxylic acid groups (broad SMARTS) is 2. The maximum absolute atomic E-state index is 11.1. The number of rotatable bonds is 14. The summed E-state index contributed by atoms with van der Waals surface area (Å²) in [5, 5.41) is 18.1. The SMILES string of the molecule is CCCCCCCCCCCCCC1(C)O[C@@H](C(=O)O)[C@H](C(=O)O)O1. The molecule has 1 rings (SSSR count). The molecular weight excluding hydrogens is 324 g/mol. The van der Waals surface area contributed by atoms with Gasteiger partial charge in [0.05, 0.1) is 0 Å². The normalized spacial score (nSPS) is 22.2. The summed E-state index contributed by atoms with van der Waals surface area (Å²) < 4.78 is 10.7. The minimum absolute atomic E-state index is 0.511. The Morgan fingerprint density at radius 3 is 1.48 bits per heavy atom. The summed E-state index contributed by atoms with van der Waals surface area (Å²) in [6.07, 6.45) is 11.1. The van der Waals surface area contributed by atoms with Crippen LogP contribution in [-0.4, -0.2) is 40.1 Å². The molecule has 0 aromatic rings. The highest BCUT2D eigenvalue weighted by molar-refractivity contribution is 5.84. The monoisotopic (exact) mass is 358 g/mol. The third-order valence-corrected chi connectivity index (χ3v) is 4.75. The van der Waals surface area contributed by atoms with E-state index in [2.05, 4.69) is 6.92 Å². The van der Waals surface area contributed by atoms with E-state index in [9.17, 15) is 9.59 Å². The van der Waals surface area contributed by atoms with Crippen molar-refractivity contribution in [1.29, 1.82) is 0 Å². The molecule has 0 bridgehead atoms. The second-order valence-corrected chi connectivity index (χ2v) is 7.17. The lowest BCUT2D eigenvalue weighted by Gasteiger charge is -2.22. The van der Waals surface area contributed by atoms with Gasteiger partial charge in [0.1, 0.15) is 0 Å². The van der Waals surface area contributed by atoms with Crippen LogP contribution in [0.4, 0.5) is 0 Å². The molecule has 25 heavy (non-hydrogen) atoms. The minimum Gasteiger partial charge on any atom is -0.479 e. The quantitative estimate of drug-likeness (QED) is 0.448. The summed E-state index contributed by atoms with van der Waals surface area (Å²) in [6.45, 7) is 3.86. The van der Waals surface area contributed by atoms with Gasteiger partial charge in [-0.05, 0) is 13.3 Å². The molecule has 0 aliphatic carbocycles. The largest absolute Gasteiger partial charge is 0.479 e. The molecule has 1 aliphatic rings. The van der Waals surface area contributed by atoms with Gasteiger partial charge in [0, 0.05) is 6.42 Å². The van der Waals surface area contributed by atoms with Gasteiger partial charge >= 0.3 is 11.9 Å². The van der Waals surface area contributed by atoms with E-state index in [1.807, 2.05) is 0 Å². The first kappa shape index (κ1) is 21.9. The van der Waals surface area contributed by atoms with E-state index in [0.29, 0.717) is 6.42 Å². The van der Waals surface area contributed by atoms with Crippen molar-refractivity contribution in [3.05, 3.63) is 0 Å². The van der Waals surface area contributed by atoms with Crippen LogP contribution in [0.25, 0.3) is 0 Å². The molecule has 0 spiro atoms. The van der Waals surface area contributed by atoms with Crippen LogP contribution in [0.15, 0.2) is 0 Å². The van der Waals surface area contributed by atoms with Crippen LogP contribution in [0.2, 0.25) is 0 Å². The molecule has 146 valence electrons. The van der Waals surface area contributed by atoms with Crippen molar-refractivity contribution in [2.45, 2.75) is 109 Å². The van der Waals surface area contributed by atoms with Crippen molar-refractivity contribution in [2.24, 2.45) is 0 Å². The van der Waals surface area contributed by atoms with Crippen LogP contribution in [0.1, 0.15) is 90.9 Å². The van der Waals surface area contributed by atoms with E-state index in [1.54, 1.807) is 6.92 Å². The van der Waals surface area contributed by atoms with Gasteiger partial charge < -0.3 is 19.7 Å². The fourth-order valence-corrected chi connectivity index (χ4v) is 3.28. The zero-order valence-electron chi connectivity index (χ0n) is 15.7. The maximum atomic E-state index is 11.1. The van der Waals surface area contributed by atoms with Crippen molar-refractivity contribution in [3.63, 3.8) is 0 Å². The number of hydrogen-bond donors (Lipinski definition) is 2. The Morgan fingerprint density at radius 1 is 0.760 bits per heavy atom. The van der Waals surface area contributed by atoms with Crippen molar-refractivity contribution in [2.75, 3.05) is 0 Å². The van der Waals surface area contributed by atoms with Crippen molar-refractivity contribution >= 4 is 11.9 Å². The average Bonchev–Trinajstić information content (AvgIpc) is 2.91. The van der Waals surface area contributed by atoms with Crippen LogP contribution in [-0.2, 0) is 19.1 Å². The highest BCUT2D eigenvalue weighted by Gasteiger charge is 2.51. The molecule has 1 saturated heterocycles. The van der Waals surface area contributed by atoms with Crippen LogP contribution in [0.5, 0.6) is 0 Å². The predicted molar refractivity (Wildman–Crippen MR) is 94.5 cm³/mol. The Hall–Kier alpha value is -1.14. The standard InChI is InChI=1S/C19H34O6/c1-3-4-5-6-7-8-9-10-11-12-13-14-19(2)24-15(17(20)21)16(25-19)18(22)23/h15-16H,3-14H2,1-2H3,(H,20,21)(H,22,23)/t15-,16-/m1/s1. The van der Waals surface area contributed by atoms with E-state index >= 15 is 0 Å². The summed E-state index contributed by atoms with van der Waals surface area (Å²) in [6, 6.07) is 0. The number of aliphatic carboxylic acids is 2. The molecule has 6 nitrogen and oxygen atoms in total. The molecular formula is C19H34O6. The van der Waals surface area contributed by atoms with E-state index in [4.69, 9.17) is 19.7 Å². The molecule has 1 heterocycles. The molecule has 6 heteroatoms. The van der Waals surface area contributed by atoms with E-state index in [1.165, 1.54) is 51.4 Å². The maximum Gasteiger partial charge on any atom is 0.336 e. The van der Waals surface area contributed by atoms with Gasteiger partial charge in [-0.1, -0.05) is 71.1 Å². The second-order valence-electron chi connectivity index (χ2n) is 7.17. The molecule has 0 unspecified atom stereocenters. The lowest BCUT2D eigenvalue weighted by molar-refractivity contribution is -0.181. The molecule has 0 saturated carbocycles. The molecule has 2 atom stereocenters. The lowest BCUT2D eigenvalue weighted by atomic mass is 10.0. The summed E-state index contributed by atoms with van der Waals surface area (Å²) >= 11 is 0. The van der Waals surface area contributed by atoms with Crippen LogP contribution in [0.3, 0.4) is 0 Å². The highest BCUT2D eigenvalue weighted by atomic mass is 16.8. The Bertz CT molecular complexity index is 387. The van der Waals surface area contributed by atoms with E-state index < -0.39 is 29.9 Å². The summed E-state index contributed by atoms with van der Waals surface area (Å²) in [7, 11) is 0. The van der Waals surface area contributed by atoms with Crippen molar-refractivity contribution < 1.29 is 29.3 Å². The number of carbonyl (C=O) groups is 2. The zero-order valence-corrected chi connectivity index (χ0v) is 15.7. The third kappa shape index (κ3) is 8.19. The van der Waals surface area contributed by atoms with Gasteiger partial charge in [0.15, 0.2) is 18.0 Å². The van der Waals surface area contributed by atoms with Crippen LogP contribution >= 0.6 is 0 Å². The van der Waals surface area contributed by atoms with Crippen LogP contribution in [0, 0.1) is 0 Å². The van der Waals surface area contributed by atoms with Gasteiger partial charge in [0.25, 0.3) is 0 Å². The van der Waals surface area contributed by atoms with Gasteiger partial charge in [-0.25, -0.2) is 9.59 Å². The lowest BCUT2D eigenvalue weighted by Crippen LogP contribution is -2.36.